The van der Waals surface area contributed by atoms with E-state index >= 15 is 0 Å². The predicted octanol–water partition coefficient (Wildman–Crippen LogP) is 5.29. The van der Waals surface area contributed by atoms with Gasteiger partial charge < -0.3 is 10.2 Å². The summed E-state index contributed by atoms with van der Waals surface area (Å²) >= 11 is 0. The van der Waals surface area contributed by atoms with Gasteiger partial charge >= 0.3 is 5.69 Å². The van der Waals surface area contributed by atoms with Crippen LogP contribution in [0.5, 0.6) is 0 Å². The Balaban J connectivity index is 1.77. The second-order valence-electron chi connectivity index (χ2n) is 7.19. The fourth-order valence-electron chi connectivity index (χ4n) is 3.41. The second kappa shape index (κ2) is 9.65. The average molecular weight is 426 g/mol. The van der Waals surface area contributed by atoms with E-state index < -0.39 is 4.92 Å². The molecule has 2 aromatic heterocycles. The summed E-state index contributed by atoms with van der Waals surface area (Å²) in [5, 5.41) is 15.4. The fourth-order valence-corrected chi connectivity index (χ4v) is 3.41. The molecule has 0 amide bonds. The van der Waals surface area contributed by atoms with Crippen molar-refractivity contribution in [3.05, 3.63) is 113 Å². The second-order valence-corrected chi connectivity index (χ2v) is 7.19. The highest BCUT2D eigenvalue weighted by molar-refractivity contribution is 5.74. The summed E-state index contributed by atoms with van der Waals surface area (Å²) in [5.41, 5.74) is 1.77. The minimum absolute atomic E-state index is 0.158. The van der Waals surface area contributed by atoms with Crippen LogP contribution in [0.4, 0.5) is 23.1 Å². The highest BCUT2D eigenvalue weighted by atomic mass is 16.6. The van der Waals surface area contributed by atoms with Crippen LogP contribution in [0.1, 0.15) is 24.1 Å². The minimum Gasteiger partial charge on any atom is -0.358 e. The van der Waals surface area contributed by atoms with E-state index in [0.29, 0.717) is 12.4 Å². The Morgan fingerprint density at radius 2 is 1.62 bits per heavy atom. The Morgan fingerprint density at radius 3 is 2.28 bits per heavy atom. The van der Waals surface area contributed by atoms with Gasteiger partial charge in [-0.1, -0.05) is 66.7 Å². The third-order valence-corrected chi connectivity index (χ3v) is 5.00. The van der Waals surface area contributed by atoms with Crippen LogP contribution in [0.15, 0.2) is 91.4 Å². The number of nitro groups is 1. The SMILES string of the molecule is CC(Nc1ncnc(N(Cc2ccccc2)c2ccccn2)c1[N+](=O)[O-])c1ccccc1. The van der Waals surface area contributed by atoms with Crippen LogP contribution in [0.3, 0.4) is 0 Å². The van der Waals surface area contributed by atoms with Gasteiger partial charge in [0.25, 0.3) is 0 Å². The van der Waals surface area contributed by atoms with Gasteiger partial charge in [-0.3, -0.25) is 10.1 Å². The van der Waals surface area contributed by atoms with Crippen molar-refractivity contribution in [1.29, 1.82) is 0 Å². The van der Waals surface area contributed by atoms with E-state index in [0.717, 1.165) is 11.1 Å². The van der Waals surface area contributed by atoms with Crippen molar-refractivity contribution in [2.45, 2.75) is 19.5 Å². The monoisotopic (exact) mass is 426 g/mol. The van der Waals surface area contributed by atoms with Gasteiger partial charge in [0, 0.05) is 6.20 Å². The number of benzene rings is 2. The Bertz CT molecular complexity index is 1170. The molecule has 0 bridgehead atoms. The molecule has 2 heterocycles. The molecule has 1 atom stereocenters. The maximum absolute atomic E-state index is 12.2. The maximum Gasteiger partial charge on any atom is 0.353 e. The zero-order valence-electron chi connectivity index (χ0n) is 17.5. The Morgan fingerprint density at radius 1 is 0.938 bits per heavy atom. The van der Waals surface area contributed by atoms with Crippen molar-refractivity contribution in [1.82, 2.24) is 15.0 Å². The lowest BCUT2D eigenvalue weighted by atomic mass is 10.1. The molecule has 32 heavy (non-hydrogen) atoms. The molecule has 8 nitrogen and oxygen atoms in total. The summed E-state index contributed by atoms with van der Waals surface area (Å²) in [6, 6.07) is 24.6. The van der Waals surface area contributed by atoms with Crippen LogP contribution in [0.25, 0.3) is 0 Å². The van der Waals surface area contributed by atoms with Crippen molar-refractivity contribution in [2.75, 3.05) is 10.2 Å². The number of anilines is 3. The van der Waals surface area contributed by atoms with E-state index in [4.69, 9.17) is 0 Å². The van der Waals surface area contributed by atoms with E-state index in [1.165, 1.54) is 6.33 Å². The van der Waals surface area contributed by atoms with Gasteiger partial charge in [0.05, 0.1) is 17.5 Å². The summed E-state index contributed by atoms with van der Waals surface area (Å²) in [6.07, 6.45) is 2.99. The summed E-state index contributed by atoms with van der Waals surface area (Å²) in [4.78, 5) is 26.4. The van der Waals surface area contributed by atoms with Crippen molar-refractivity contribution >= 4 is 23.1 Å². The highest BCUT2D eigenvalue weighted by Gasteiger charge is 2.29. The standard InChI is InChI=1S/C24H22N6O2/c1-18(20-12-6-3-7-13-20)28-23-22(30(31)32)24(27-17-26-23)29(21-14-8-9-15-25-21)16-19-10-4-2-5-11-19/h2-15,17-18H,16H2,1H3,(H,26,27,28). The summed E-state index contributed by atoms with van der Waals surface area (Å²) in [5.74, 6) is 0.890. The molecule has 0 aliphatic carbocycles. The van der Waals surface area contributed by atoms with Crippen molar-refractivity contribution in [3.63, 3.8) is 0 Å². The molecule has 1 N–H and O–H groups in total. The van der Waals surface area contributed by atoms with Crippen LogP contribution >= 0.6 is 0 Å². The molecule has 0 radical (unpaired) electrons. The van der Waals surface area contributed by atoms with E-state index in [2.05, 4.69) is 20.3 Å². The van der Waals surface area contributed by atoms with Gasteiger partial charge in [0.1, 0.15) is 12.1 Å². The molecular formula is C24H22N6O2. The topological polar surface area (TPSA) is 97.1 Å². The lowest BCUT2D eigenvalue weighted by Crippen LogP contribution is -2.21. The van der Waals surface area contributed by atoms with Gasteiger partial charge in [-0.2, -0.15) is 0 Å². The molecule has 0 saturated heterocycles. The quantitative estimate of drug-likeness (QED) is 0.302. The van der Waals surface area contributed by atoms with E-state index in [9.17, 15) is 10.1 Å². The number of pyridine rings is 1. The van der Waals surface area contributed by atoms with Gasteiger partial charge in [-0.15, -0.1) is 0 Å². The van der Waals surface area contributed by atoms with E-state index in [1.54, 1.807) is 23.2 Å². The normalized spacial score (nSPS) is 11.5. The van der Waals surface area contributed by atoms with Gasteiger partial charge in [-0.25, -0.2) is 15.0 Å². The average Bonchev–Trinajstić information content (AvgIpc) is 2.84. The van der Waals surface area contributed by atoms with Crippen LogP contribution < -0.4 is 10.2 Å². The Labute approximate surface area is 185 Å². The number of hydrogen-bond donors (Lipinski definition) is 1. The van der Waals surface area contributed by atoms with E-state index in [-0.39, 0.29) is 23.4 Å². The molecule has 2 aromatic carbocycles. The zero-order valence-corrected chi connectivity index (χ0v) is 17.5. The number of rotatable bonds is 8. The predicted molar refractivity (Wildman–Crippen MR) is 124 cm³/mol. The molecule has 4 aromatic rings. The number of hydrogen-bond acceptors (Lipinski definition) is 7. The van der Waals surface area contributed by atoms with Crippen molar-refractivity contribution < 1.29 is 4.92 Å². The molecule has 0 spiro atoms. The van der Waals surface area contributed by atoms with Crippen LogP contribution in [0, 0.1) is 10.1 Å². The number of aromatic nitrogens is 3. The summed E-state index contributed by atoms with van der Waals surface area (Å²) in [7, 11) is 0. The number of nitrogens with zero attached hydrogens (tertiary/aromatic N) is 5. The largest absolute Gasteiger partial charge is 0.358 e. The first-order valence-corrected chi connectivity index (χ1v) is 10.2. The molecular weight excluding hydrogens is 404 g/mol. The minimum atomic E-state index is -0.448. The lowest BCUT2D eigenvalue weighted by Gasteiger charge is -2.23. The van der Waals surface area contributed by atoms with Gasteiger partial charge in [0.15, 0.2) is 0 Å². The zero-order chi connectivity index (χ0) is 22.3. The molecule has 8 heteroatoms. The third-order valence-electron chi connectivity index (χ3n) is 5.00. The van der Waals surface area contributed by atoms with Crippen molar-refractivity contribution in [3.8, 4) is 0 Å². The molecule has 0 saturated carbocycles. The molecule has 160 valence electrons. The molecule has 0 aliphatic heterocycles. The molecule has 4 rings (SSSR count). The van der Waals surface area contributed by atoms with Gasteiger partial charge in [0.2, 0.25) is 11.6 Å². The first kappa shape index (κ1) is 20.9. The Kier molecular flexibility index (Phi) is 6.31. The highest BCUT2D eigenvalue weighted by Crippen LogP contribution is 2.37. The molecule has 0 fully saturated rings. The van der Waals surface area contributed by atoms with E-state index in [1.807, 2.05) is 73.7 Å². The smallest absolute Gasteiger partial charge is 0.353 e. The van der Waals surface area contributed by atoms with Gasteiger partial charge in [-0.05, 0) is 30.2 Å². The lowest BCUT2D eigenvalue weighted by molar-refractivity contribution is -0.383. The van der Waals surface area contributed by atoms with Crippen LogP contribution in [0.2, 0.25) is 0 Å². The summed E-state index contributed by atoms with van der Waals surface area (Å²) in [6.45, 7) is 2.30. The van der Waals surface area contributed by atoms with Crippen molar-refractivity contribution in [2.24, 2.45) is 0 Å². The fraction of sp³-hybridized carbons (Fsp3) is 0.125. The van der Waals surface area contributed by atoms with Crippen LogP contribution in [-0.4, -0.2) is 19.9 Å². The first-order chi connectivity index (χ1) is 15.6. The summed E-state index contributed by atoms with van der Waals surface area (Å²) < 4.78 is 0. The molecule has 1 unspecified atom stereocenters. The van der Waals surface area contributed by atoms with Crippen LogP contribution in [-0.2, 0) is 6.54 Å². The Hall–Kier alpha value is -4.33. The maximum atomic E-state index is 12.2. The first-order valence-electron chi connectivity index (χ1n) is 10.2. The third kappa shape index (κ3) is 4.70. The molecule has 0 aliphatic rings. The number of nitrogens with one attached hydrogen (secondary N) is 1.